The Hall–Kier alpha value is -1.60. The first-order valence-corrected chi connectivity index (χ1v) is 7.60. The lowest BCUT2D eigenvalue weighted by Gasteiger charge is -2.11. The topological polar surface area (TPSA) is 64.4 Å². The van der Waals surface area contributed by atoms with Crippen molar-refractivity contribution in [1.29, 1.82) is 0 Å². The fourth-order valence-electron chi connectivity index (χ4n) is 1.85. The fourth-order valence-corrected chi connectivity index (χ4v) is 2.78. The van der Waals surface area contributed by atoms with Crippen LogP contribution in [0.1, 0.15) is 5.56 Å². The maximum atomic E-state index is 10.8. The summed E-state index contributed by atoms with van der Waals surface area (Å²) >= 11 is 6.62. The van der Waals surface area contributed by atoms with E-state index >= 15 is 0 Å². The molecule has 0 bridgehead atoms. The Bertz CT molecular complexity index is 677. The number of methoxy groups -OCH3 is 1. The predicted molar refractivity (Wildman–Crippen MR) is 88.8 cm³/mol. The number of hydrogen-bond donors (Lipinski definition) is 1. The Morgan fingerprint density at radius 2 is 2.00 bits per heavy atom. The fraction of sp³-hybridized carbons (Fsp3) is 0.143. The number of hydrogen-bond acceptors (Lipinski definition) is 4. The van der Waals surface area contributed by atoms with Gasteiger partial charge in [-0.05, 0) is 46.3 Å². The summed E-state index contributed by atoms with van der Waals surface area (Å²) in [6.07, 6.45) is 0. The summed E-state index contributed by atoms with van der Waals surface area (Å²) in [5, 5.41) is 14.0. The third-order valence-electron chi connectivity index (χ3n) is 2.87. The highest BCUT2D eigenvalue weighted by Gasteiger charge is 2.11. The molecule has 0 atom stereocenters. The van der Waals surface area contributed by atoms with Crippen molar-refractivity contribution in [2.75, 3.05) is 12.4 Å². The van der Waals surface area contributed by atoms with Crippen molar-refractivity contribution in [1.82, 2.24) is 0 Å². The van der Waals surface area contributed by atoms with Gasteiger partial charge in [0.25, 0.3) is 5.69 Å². The first kappa shape index (κ1) is 15.8. The van der Waals surface area contributed by atoms with E-state index in [9.17, 15) is 10.1 Å². The van der Waals surface area contributed by atoms with Crippen LogP contribution in [0, 0.1) is 10.1 Å². The summed E-state index contributed by atoms with van der Waals surface area (Å²) in [7, 11) is 1.62. The minimum absolute atomic E-state index is 0.0422. The average molecular weight is 416 g/mol. The van der Waals surface area contributed by atoms with E-state index in [1.165, 1.54) is 6.07 Å². The molecule has 21 heavy (non-hydrogen) atoms. The molecule has 1 N–H and O–H groups in total. The number of nitrogens with zero attached hydrogens (tertiary/aromatic N) is 1. The normalized spacial score (nSPS) is 10.2. The van der Waals surface area contributed by atoms with Crippen LogP contribution in [-0.4, -0.2) is 12.0 Å². The van der Waals surface area contributed by atoms with Crippen molar-refractivity contribution in [2.45, 2.75) is 6.54 Å². The number of benzene rings is 2. The molecule has 0 aromatic heterocycles. The van der Waals surface area contributed by atoms with Gasteiger partial charge in [-0.25, -0.2) is 0 Å². The molecule has 0 saturated carbocycles. The Kier molecular flexibility index (Phi) is 5.19. The summed E-state index contributed by atoms with van der Waals surface area (Å²) in [6, 6.07) is 10.6. The maximum Gasteiger partial charge on any atom is 0.283 e. The van der Waals surface area contributed by atoms with E-state index in [0.29, 0.717) is 11.0 Å². The van der Waals surface area contributed by atoms with Crippen LogP contribution in [0.4, 0.5) is 11.4 Å². The van der Waals surface area contributed by atoms with Gasteiger partial charge in [-0.3, -0.25) is 10.1 Å². The molecule has 2 rings (SSSR count). The van der Waals surface area contributed by atoms with Crippen molar-refractivity contribution < 1.29 is 9.66 Å². The largest absolute Gasteiger partial charge is 0.496 e. The van der Waals surface area contributed by atoms with Gasteiger partial charge in [0.05, 0.1) is 16.5 Å². The van der Waals surface area contributed by atoms with Gasteiger partial charge in [-0.1, -0.05) is 15.9 Å². The van der Waals surface area contributed by atoms with Crippen molar-refractivity contribution in [3.05, 3.63) is 61.0 Å². The molecule has 0 spiro atoms. The SMILES string of the molecule is COc1ccc(Br)cc1CNc1ccc([N+](=O)[O-])c(Br)c1. The smallest absolute Gasteiger partial charge is 0.283 e. The molecule has 0 saturated heterocycles. The minimum Gasteiger partial charge on any atom is -0.496 e. The highest BCUT2D eigenvalue weighted by Crippen LogP contribution is 2.29. The van der Waals surface area contributed by atoms with Crippen LogP contribution in [0.25, 0.3) is 0 Å². The van der Waals surface area contributed by atoms with Crippen LogP contribution in [0.2, 0.25) is 0 Å². The number of halogens is 2. The highest BCUT2D eigenvalue weighted by atomic mass is 79.9. The van der Waals surface area contributed by atoms with E-state index in [0.717, 1.165) is 21.5 Å². The van der Waals surface area contributed by atoms with Gasteiger partial charge in [-0.15, -0.1) is 0 Å². The van der Waals surface area contributed by atoms with Crippen LogP contribution >= 0.6 is 31.9 Å². The lowest BCUT2D eigenvalue weighted by atomic mass is 10.2. The van der Waals surface area contributed by atoms with Crippen LogP contribution in [-0.2, 0) is 6.54 Å². The molecule has 0 aliphatic heterocycles. The van der Waals surface area contributed by atoms with Gasteiger partial charge in [0.1, 0.15) is 5.75 Å². The summed E-state index contributed by atoms with van der Waals surface area (Å²) in [5.41, 5.74) is 1.82. The van der Waals surface area contributed by atoms with Gasteiger partial charge < -0.3 is 10.1 Å². The zero-order chi connectivity index (χ0) is 15.4. The average Bonchev–Trinajstić information content (AvgIpc) is 2.45. The number of rotatable bonds is 5. The molecule has 0 aliphatic rings. The third kappa shape index (κ3) is 3.95. The van der Waals surface area contributed by atoms with Gasteiger partial charge in [-0.2, -0.15) is 0 Å². The molecule has 7 heteroatoms. The quantitative estimate of drug-likeness (QED) is 0.565. The molecule has 0 aliphatic carbocycles. The molecule has 2 aromatic rings. The van der Waals surface area contributed by atoms with Crippen molar-refractivity contribution in [3.63, 3.8) is 0 Å². The second-order valence-electron chi connectivity index (χ2n) is 4.23. The minimum atomic E-state index is -0.425. The van der Waals surface area contributed by atoms with Crippen molar-refractivity contribution in [2.24, 2.45) is 0 Å². The van der Waals surface area contributed by atoms with Crippen molar-refractivity contribution >= 4 is 43.2 Å². The monoisotopic (exact) mass is 414 g/mol. The van der Waals surface area contributed by atoms with E-state index in [-0.39, 0.29) is 5.69 Å². The van der Waals surface area contributed by atoms with Crippen LogP contribution in [0.15, 0.2) is 45.3 Å². The van der Waals surface area contributed by atoms with E-state index in [2.05, 4.69) is 37.2 Å². The third-order valence-corrected chi connectivity index (χ3v) is 4.00. The molecule has 2 aromatic carbocycles. The molecule has 110 valence electrons. The molecule has 0 fully saturated rings. The maximum absolute atomic E-state index is 10.8. The Morgan fingerprint density at radius 1 is 1.24 bits per heavy atom. The van der Waals surface area contributed by atoms with E-state index in [4.69, 9.17) is 4.74 Å². The first-order chi connectivity index (χ1) is 10.0. The lowest BCUT2D eigenvalue weighted by molar-refractivity contribution is -0.385. The van der Waals surface area contributed by atoms with Crippen molar-refractivity contribution in [3.8, 4) is 5.75 Å². The van der Waals surface area contributed by atoms with Gasteiger partial charge in [0, 0.05) is 28.3 Å². The zero-order valence-corrected chi connectivity index (χ0v) is 14.3. The predicted octanol–water partition coefficient (Wildman–Crippen LogP) is 4.74. The molecular formula is C14H12Br2N2O3. The van der Waals surface area contributed by atoms with E-state index in [1.807, 2.05) is 18.2 Å². The second-order valence-corrected chi connectivity index (χ2v) is 6.00. The molecule has 0 heterocycles. The second kappa shape index (κ2) is 6.91. The molecule has 0 amide bonds. The first-order valence-electron chi connectivity index (χ1n) is 6.01. The number of ether oxygens (including phenoxy) is 1. The number of nitrogens with one attached hydrogen (secondary N) is 1. The molecule has 5 nitrogen and oxygen atoms in total. The summed E-state index contributed by atoms with van der Waals surface area (Å²) in [5.74, 6) is 0.784. The number of nitro groups is 1. The Morgan fingerprint density at radius 3 is 2.62 bits per heavy atom. The van der Waals surface area contributed by atoms with Crippen LogP contribution < -0.4 is 10.1 Å². The molecule has 0 unspecified atom stereocenters. The van der Waals surface area contributed by atoms with Gasteiger partial charge in [0.15, 0.2) is 0 Å². The number of nitro benzene ring substituents is 1. The van der Waals surface area contributed by atoms with E-state index < -0.39 is 4.92 Å². The van der Waals surface area contributed by atoms with E-state index in [1.54, 1.807) is 19.2 Å². The van der Waals surface area contributed by atoms with Gasteiger partial charge >= 0.3 is 0 Å². The summed E-state index contributed by atoms with van der Waals surface area (Å²) in [6.45, 7) is 0.548. The summed E-state index contributed by atoms with van der Waals surface area (Å²) in [4.78, 5) is 10.3. The Balaban J connectivity index is 2.15. The lowest BCUT2D eigenvalue weighted by Crippen LogP contribution is -2.02. The summed E-state index contributed by atoms with van der Waals surface area (Å²) < 4.78 is 6.71. The Labute approximate surface area is 138 Å². The van der Waals surface area contributed by atoms with Gasteiger partial charge in [0.2, 0.25) is 0 Å². The zero-order valence-electron chi connectivity index (χ0n) is 11.1. The van der Waals surface area contributed by atoms with Crippen LogP contribution in [0.5, 0.6) is 5.75 Å². The highest BCUT2D eigenvalue weighted by molar-refractivity contribution is 9.10. The molecule has 0 radical (unpaired) electrons. The number of anilines is 1. The standard InChI is InChI=1S/C14H12Br2N2O3/c1-21-14-5-2-10(15)6-9(14)8-17-11-3-4-13(18(19)20)12(16)7-11/h2-7,17H,8H2,1H3. The molecular weight excluding hydrogens is 404 g/mol. The van der Waals surface area contributed by atoms with Crippen LogP contribution in [0.3, 0.4) is 0 Å².